The Morgan fingerprint density at radius 1 is 1.29 bits per heavy atom. The Morgan fingerprint density at radius 3 is 2.88 bits per heavy atom. The number of aryl methyl sites for hydroxylation is 1. The van der Waals surface area contributed by atoms with Gasteiger partial charge in [0, 0.05) is 5.69 Å². The van der Waals surface area contributed by atoms with E-state index in [9.17, 15) is 9.90 Å². The number of benzene rings is 2. The molecule has 2 aromatic rings. The summed E-state index contributed by atoms with van der Waals surface area (Å²) < 4.78 is 5.29. The molecule has 6 heteroatoms. The van der Waals surface area contributed by atoms with Gasteiger partial charge in [-0.05, 0) is 55.3 Å². The van der Waals surface area contributed by atoms with Crippen LogP contribution in [0.5, 0.6) is 11.5 Å². The largest absolute Gasteiger partial charge is 0.504 e. The van der Waals surface area contributed by atoms with Crippen LogP contribution in [0.15, 0.2) is 47.6 Å². The average Bonchev–Trinajstić information content (AvgIpc) is 2.56. The minimum atomic E-state index is -0.253. The number of aromatic hydroxyl groups is 1. The molecule has 0 fully saturated rings. The topological polar surface area (TPSA) is 83.0 Å². The number of rotatable bonds is 7. The van der Waals surface area contributed by atoms with Gasteiger partial charge in [0.15, 0.2) is 11.5 Å². The molecule has 0 bridgehead atoms. The Bertz CT molecular complexity index is 729. The van der Waals surface area contributed by atoms with Crippen LogP contribution in [0.25, 0.3) is 0 Å². The third-order valence-electron chi connectivity index (χ3n) is 3.16. The third kappa shape index (κ3) is 5.31. The van der Waals surface area contributed by atoms with Gasteiger partial charge in [0.2, 0.25) is 0 Å². The van der Waals surface area contributed by atoms with E-state index in [1.165, 1.54) is 12.3 Å². The number of hydrogen-bond donors (Lipinski definition) is 3. The molecule has 0 saturated heterocycles. The number of ether oxygens (including phenoxy) is 1. The summed E-state index contributed by atoms with van der Waals surface area (Å²) in [6, 6.07) is 12.6. The van der Waals surface area contributed by atoms with Crippen molar-refractivity contribution in [2.75, 3.05) is 18.5 Å². The summed E-state index contributed by atoms with van der Waals surface area (Å²) in [7, 11) is 0. The van der Waals surface area contributed by atoms with Crippen LogP contribution < -0.4 is 15.5 Å². The minimum absolute atomic E-state index is 0.0698. The second-order valence-corrected chi connectivity index (χ2v) is 5.18. The molecule has 0 aromatic heterocycles. The van der Waals surface area contributed by atoms with Crippen LogP contribution in [0.2, 0.25) is 0 Å². The SMILES string of the molecule is CCOc1cc(C=NNC(=O)CNc2cccc(C)c2)ccc1O. The smallest absolute Gasteiger partial charge is 0.259 e. The number of phenols is 1. The Kier molecular flexibility index (Phi) is 6.19. The molecule has 0 aliphatic rings. The molecule has 0 heterocycles. The summed E-state index contributed by atoms with van der Waals surface area (Å²) in [6.07, 6.45) is 1.49. The number of anilines is 1. The van der Waals surface area contributed by atoms with Crippen molar-refractivity contribution in [1.82, 2.24) is 5.43 Å². The van der Waals surface area contributed by atoms with Crippen LogP contribution in [0, 0.1) is 6.92 Å². The molecule has 0 atom stereocenters. The molecular formula is C18H21N3O3. The van der Waals surface area contributed by atoms with Crippen molar-refractivity contribution in [3.8, 4) is 11.5 Å². The first-order valence-corrected chi connectivity index (χ1v) is 7.66. The van der Waals surface area contributed by atoms with Crippen molar-refractivity contribution in [2.24, 2.45) is 5.10 Å². The Balaban J connectivity index is 1.85. The molecule has 24 heavy (non-hydrogen) atoms. The first-order valence-electron chi connectivity index (χ1n) is 7.66. The zero-order chi connectivity index (χ0) is 17.4. The lowest BCUT2D eigenvalue weighted by Gasteiger charge is -2.07. The number of hydrogen-bond acceptors (Lipinski definition) is 5. The highest BCUT2D eigenvalue weighted by Crippen LogP contribution is 2.26. The fourth-order valence-corrected chi connectivity index (χ4v) is 2.04. The molecule has 0 aliphatic carbocycles. The first-order chi connectivity index (χ1) is 11.6. The maximum absolute atomic E-state index is 11.8. The van der Waals surface area contributed by atoms with E-state index in [0.717, 1.165) is 11.3 Å². The van der Waals surface area contributed by atoms with Crippen molar-refractivity contribution < 1.29 is 14.6 Å². The van der Waals surface area contributed by atoms with E-state index in [-0.39, 0.29) is 18.2 Å². The predicted octanol–water partition coefficient (Wildman–Crippen LogP) is 2.66. The Morgan fingerprint density at radius 2 is 2.12 bits per heavy atom. The van der Waals surface area contributed by atoms with Crippen molar-refractivity contribution in [3.05, 3.63) is 53.6 Å². The standard InChI is InChI=1S/C18H21N3O3/c1-3-24-17-10-14(7-8-16(17)22)11-20-21-18(23)12-19-15-6-4-5-13(2)9-15/h4-11,19,22H,3,12H2,1-2H3,(H,21,23). The van der Waals surface area contributed by atoms with E-state index in [2.05, 4.69) is 15.8 Å². The van der Waals surface area contributed by atoms with Crippen LogP contribution in [0.4, 0.5) is 5.69 Å². The molecule has 0 unspecified atom stereocenters. The van der Waals surface area contributed by atoms with E-state index in [1.807, 2.05) is 38.1 Å². The summed E-state index contributed by atoms with van der Waals surface area (Å²) in [4.78, 5) is 11.8. The molecule has 1 amide bonds. The maximum Gasteiger partial charge on any atom is 0.259 e. The van der Waals surface area contributed by atoms with Gasteiger partial charge in [0.1, 0.15) is 0 Å². The number of carbonyl (C=O) groups excluding carboxylic acids is 1. The van der Waals surface area contributed by atoms with Gasteiger partial charge in [-0.15, -0.1) is 0 Å². The van der Waals surface area contributed by atoms with Gasteiger partial charge < -0.3 is 15.2 Å². The minimum Gasteiger partial charge on any atom is -0.504 e. The Labute approximate surface area is 141 Å². The van der Waals surface area contributed by atoms with Crippen LogP contribution in [0.1, 0.15) is 18.1 Å². The molecule has 3 N–H and O–H groups in total. The normalized spacial score (nSPS) is 10.6. The molecule has 6 nitrogen and oxygen atoms in total. The van der Waals surface area contributed by atoms with E-state index < -0.39 is 0 Å². The quantitative estimate of drug-likeness (QED) is 0.539. The van der Waals surface area contributed by atoms with Crippen LogP contribution in [-0.2, 0) is 4.79 Å². The summed E-state index contributed by atoms with van der Waals surface area (Å²) >= 11 is 0. The van der Waals surface area contributed by atoms with E-state index in [4.69, 9.17) is 4.74 Å². The number of nitrogens with zero attached hydrogens (tertiary/aromatic N) is 1. The fourth-order valence-electron chi connectivity index (χ4n) is 2.04. The van der Waals surface area contributed by atoms with Gasteiger partial charge in [-0.1, -0.05) is 12.1 Å². The zero-order valence-electron chi connectivity index (χ0n) is 13.7. The summed E-state index contributed by atoms with van der Waals surface area (Å²) in [5.41, 5.74) is 5.16. The van der Waals surface area contributed by atoms with Crippen LogP contribution in [0.3, 0.4) is 0 Å². The second kappa shape index (κ2) is 8.57. The van der Waals surface area contributed by atoms with Gasteiger partial charge in [-0.3, -0.25) is 4.79 Å². The molecule has 0 spiro atoms. The maximum atomic E-state index is 11.8. The van der Waals surface area contributed by atoms with Crippen molar-refractivity contribution >= 4 is 17.8 Å². The summed E-state index contributed by atoms with van der Waals surface area (Å²) in [5, 5.41) is 16.6. The van der Waals surface area contributed by atoms with Crippen LogP contribution in [-0.4, -0.2) is 30.4 Å². The van der Waals surface area contributed by atoms with Gasteiger partial charge in [-0.2, -0.15) is 5.10 Å². The molecule has 2 rings (SSSR count). The van der Waals surface area contributed by atoms with E-state index in [1.54, 1.807) is 12.1 Å². The molecular weight excluding hydrogens is 306 g/mol. The molecule has 0 radical (unpaired) electrons. The number of amides is 1. The molecule has 2 aromatic carbocycles. The third-order valence-corrected chi connectivity index (χ3v) is 3.16. The summed E-state index contributed by atoms with van der Waals surface area (Å²) in [5.74, 6) is 0.200. The van der Waals surface area contributed by atoms with Crippen LogP contribution >= 0.6 is 0 Å². The van der Waals surface area contributed by atoms with Gasteiger partial charge >= 0.3 is 0 Å². The van der Waals surface area contributed by atoms with E-state index in [0.29, 0.717) is 17.9 Å². The molecule has 0 aliphatic heterocycles. The highest BCUT2D eigenvalue weighted by atomic mass is 16.5. The Hall–Kier alpha value is -3.02. The number of nitrogens with one attached hydrogen (secondary N) is 2. The predicted molar refractivity (Wildman–Crippen MR) is 94.7 cm³/mol. The lowest BCUT2D eigenvalue weighted by Crippen LogP contribution is -2.25. The number of hydrazone groups is 1. The van der Waals surface area contributed by atoms with Gasteiger partial charge in [-0.25, -0.2) is 5.43 Å². The van der Waals surface area contributed by atoms with Crippen molar-refractivity contribution in [1.29, 1.82) is 0 Å². The zero-order valence-corrected chi connectivity index (χ0v) is 13.7. The molecule has 126 valence electrons. The highest BCUT2D eigenvalue weighted by molar-refractivity contribution is 5.84. The average molecular weight is 327 g/mol. The van der Waals surface area contributed by atoms with Crippen molar-refractivity contribution in [2.45, 2.75) is 13.8 Å². The highest BCUT2D eigenvalue weighted by Gasteiger charge is 2.03. The number of carbonyl (C=O) groups is 1. The number of phenolic OH excluding ortho intramolecular Hbond substituents is 1. The fraction of sp³-hybridized carbons (Fsp3) is 0.222. The monoisotopic (exact) mass is 327 g/mol. The van der Waals surface area contributed by atoms with E-state index >= 15 is 0 Å². The molecule has 0 saturated carbocycles. The lowest BCUT2D eigenvalue weighted by molar-refractivity contribution is -0.119. The van der Waals surface area contributed by atoms with Gasteiger partial charge in [0.25, 0.3) is 5.91 Å². The van der Waals surface area contributed by atoms with Crippen molar-refractivity contribution in [3.63, 3.8) is 0 Å². The lowest BCUT2D eigenvalue weighted by atomic mass is 10.2. The second-order valence-electron chi connectivity index (χ2n) is 5.18. The van der Waals surface area contributed by atoms with Gasteiger partial charge in [0.05, 0.1) is 19.4 Å². The summed E-state index contributed by atoms with van der Waals surface area (Å²) in [6.45, 7) is 4.40. The first kappa shape index (κ1) is 17.3.